The second-order valence-electron chi connectivity index (χ2n) is 21.6. The quantitative estimate of drug-likeness (QED) is 0.102. The van der Waals surface area contributed by atoms with Gasteiger partial charge in [-0.15, -0.1) is 0 Å². The summed E-state index contributed by atoms with van der Waals surface area (Å²) in [6, 6.07) is 107. The number of anilines is 4. The van der Waals surface area contributed by atoms with Gasteiger partial charge in [-0.3, -0.25) is 0 Å². The number of rotatable bonds is 15. The number of hydrogen-bond donors (Lipinski definition) is 0. The number of aryl methyl sites for hydroxylation is 1. The van der Waals surface area contributed by atoms with Crippen LogP contribution in [0.25, 0.3) is 94.1 Å². The van der Waals surface area contributed by atoms with E-state index in [1.165, 1.54) is 11.1 Å². The summed E-state index contributed by atoms with van der Waals surface area (Å²) in [5, 5.41) is 4.28. The second kappa shape index (κ2) is 21.9. The molecule has 83 heavy (non-hydrogen) atoms. The van der Waals surface area contributed by atoms with Crippen LogP contribution in [0, 0.1) is 6.92 Å². The molecule has 0 saturated heterocycles. The van der Waals surface area contributed by atoms with Crippen LogP contribution in [-0.2, 0) is 5.54 Å². The molecular weight excluding hydrogens is 1010 g/mol. The van der Waals surface area contributed by atoms with E-state index in [0.29, 0.717) is 12.8 Å². The van der Waals surface area contributed by atoms with Crippen LogP contribution in [0.15, 0.2) is 312 Å². The summed E-state index contributed by atoms with van der Waals surface area (Å²) in [4.78, 5) is 5.06. The molecule has 12 aromatic carbocycles. The Bertz CT molecular complexity index is 4640. The maximum Gasteiger partial charge on any atom is 0.159 e. The van der Waals surface area contributed by atoms with E-state index in [2.05, 4.69) is 327 Å². The molecule has 0 bridgehead atoms. The maximum absolute atomic E-state index is 7.38. The molecule has 0 amide bonds. The largest absolute Gasteiger partial charge is 0.453 e. The van der Waals surface area contributed by atoms with Crippen LogP contribution in [-0.4, -0.2) is 0 Å². The van der Waals surface area contributed by atoms with Gasteiger partial charge in [0.2, 0.25) is 0 Å². The Hall–Kier alpha value is -10.4. The highest BCUT2D eigenvalue weighted by Gasteiger charge is 2.39. The monoisotopic (exact) mass is 1070 g/mol. The van der Waals surface area contributed by atoms with Gasteiger partial charge in [0.05, 0.1) is 22.6 Å². The Balaban J connectivity index is 1.01. The molecule has 0 aliphatic rings. The van der Waals surface area contributed by atoms with Crippen molar-refractivity contribution in [1.82, 2.24) is 0 Å². The van der Waals surface area contributed by atoms with Crippen molar-refractivity contribution in [2.24, 2.45) is 0 Å². The van der Waals surface area contributed by atoms with E-state index in [1.54, 1.807) is 0 Å². The highest BCUT2D eigenvalue weighted by molar-refractivity contribution is 6.15. The molecule has 0 aliphatic carbocycles. The summed E-state index contributed by atoms with van der Waals surface area (Å²) < 4.78 is 14.7. The summed E-state index contributed by atoms with van der Waals surface area (Å²) in [5.41, 5.74) is 20.2. The van der Waals surface area contributed by atoms with Crippen molar-refractivity contribution >= 4 is 72.3 Å². The SMILES string of the molecule is Cc1ccccc1C(C)(CC/C=C(\c1ccccc1)N(c1ccccc1-c1ccccc1)c1cccc2c1oc1c(-c3ccccc3)cccc12)N(c1ccccc1-c1ccccc1)c1cccc2c1oc1c(-c3ccccc3)cccc12. The standard InChI is InChI=1S/C79H60N2O2/c1-55-29-18-21-48-69(55)79(2,81(72-50-23-20-41-62(72)57-32-10-4-11-33-57)74-52-27-47-68-66-45-25-43-64(76(66)83-78(68)74)59-36-14-6-15-37-59)54-28-53-70(60-38-16-7-17-39-60)80(71-49-22-19-40-61(71)56-30-8-3-9-31-56)73-51-26-46-67-65-44-24-42-63(75(65)82-77(67)73)58-34-12-5-13-35-58/h3-27,29-53H,28,54H2,1-2H3/b70-53+. The lowest BCUT2D eigenvalue weighted by atomic mass is 9.81. The third-order valence-electron chi connectivity index (χ3n) is 16.6. The lowest BCUT2D eigenvalue weighted by molar-refractivity contribution is 0.443. The van der Waals surface area contributed by atoms with Crippen molar-refractivity contribution in [3.05, 3.63) is 320 Å². The summed E-state index contributed by atoms with van der Waals surface area (Å²) >= 11 is 0. The third kappa shape index (κ3) is 9.25. The molecule has 0 spiro atoms. The minimum atomic E-state index is -0.691. The van der Waals surface area contributed by atoms with E-state index >= 15 is 0 Å². The van der Waals surface area contributed by atoms with Crippen molar-refractivity contribution in [3.63, 3.8) is 0 Å². The average Bonchev–Trinajstić information content (AvgIpc) is 3.89. The van der Waals surface area contributed by atoms with Gasteiger partial charge in [-0.05, 0) is 89.9 Å². The van der Waals surface area contributed by atoms with Crippen LogP contribution < -0.4 is 9.80 Å². The highest BCUT2D eigenvalue weighted by Crippen LogP contribution is 2.52. The van der Waals surface area contributed by atoms with E-state index in [-0.39, 0.29) is 0 Å². The maximum atomic E-state index is 7.38. The summed E-state index contributed by atoms with van der Waals surface area (Å²) in [5.74, 6) is 0. The first kappa shape index (κ1) is 50.8. The van der Waals surface area contributed by atoms with Crippen LogP contribution in [0.4, 0.5) is 22.7 Å². The van der Waals surface area contributed by atoms with Gasteiger partial charge in [0.1, 0.15) is 11.2 Å². The smallest absolute Gasteiger partial charge is 0.159 e. The molecule has 2 heterocycles. The molecule has 1 unspecified atom stereocenters. The van der Waals surface area contributed by atoms with Gasteiger partial charge in [-0.2, -0.15) is 0 Å². The second-order valence-corrected chi connectivity index (χ2v) is 21.6. The minimum Gasteiger partial charge on any atom is -0.453 e. The zero-order chi connectivity index (χ0) is 55.7. The van der Waals surface area contributed by atoms with E-state index in [0.717, 1.165) is 122 Å². The molecule has 14 aromatic rings. The van der Waals surface area contributed by atoms with Crippen molar-refractivity contribution in [3.8, 4) is 44.5 Å². The van der Waals surface area contributed by atoms with E-state index in [1.807, 2.05) is 0 Å². The van der Waals surface area contributed by atoms with Crippen LogP contribution in [0.3, 0.4) is 0 Å². The Morgan fingerprint density at radius 3 is 1.25 bits per heavy atom. The molecule has 14 rings (SSSR count). The minimum absolute atomic E-state index is 0.672. The number of para-hydroxylation sites is 6. The van der Waals surface area contributed by atoms with E-state index in [9.17, 15) is 0 Å². The predicted octanol–water partition coefficient (Wildman–Crippen LogP) is 22.2. The van der Waals surface area contributed by atoms with Gasteiger partial charge in [0.15, 0.2) is 11.2 Å². The summed E-state index contributed by atoms with van der Waals surface area (Å²) in [6.45, 7) is 4.69. The molecule has 0 N–H and O–H groups in total. The summed E-state index contributed by atoms with van der Waals surface area (Å²) in [7, 11) is 0. The molecule has 0 saturated carbocycles. The number of nitrogens with zero attached hydrogens (tertiary/aromatic N) is 2. The van der Waals surface area contributed by atoms with Gasteiger partial charge in [-0.1, -0.05) is 279 Å². The molecule has 0 fully saturated rings. The normalized spacial score (nSPS) is 12.5. The Morgan fingerprint density at radius 2 is 0.723 bits per heavy atom. The lowest BCUT2D eigenvalue weighted by Gasteiger charge is -2.45. The first-order valence-corrected chi connectivity index (χ1v) is 28.7. The fraction of sp³-hybridized carbons (Fsp3) is 0.0633. The molecule has 4 nitrogen and oxygen atoms in total. The number of fused-ring (bicyclic) bond motifs is 6. The van der Waals surface area contributed by atoms with Gasteiger partial charge in [-0.25, -0.2) is 0 Å². The van der Waals surface area contributed by atoms with Crippen molar-refractivity contribution in [2.45, 2.75) is 32.2 Å². The van der Waals surface area contributed by atoms with Gasteiger partial charge in [0, 0.05) is 55.2 Å². The molecule has 2 aromatic heterocycles. The molecular formula is C79H60N2O2. The van der Waals surface area contributed by atoms with E-state index < -0.39 is 5.54 Å². The zero-order valence-corrected chi connectivity index (χ0v) is 46.5. The van der Waals surface area contributed by atoms with Gasteiger partial charge in [0.25, 0.3) is 0 Å². The van der Waals surface area contributed by atoms with Gasteiger partial charge < -0.3 is 18.6 Å². The van der Waals surface area contributed by atoms with Crippen molar-refractivity contribution in [2.75, 3.05) is 9.80 Å². The summed E-state index contributed by atoms with van der Waals surface area (Å²) in [6.07, 6.45) is 3.85. The highest BCUT2D eigenvalue weighted by atomic mass is 16.3. The number of hydrogen-bond acceptors (Lipinski definition) is 4. The molecule has 4 heteroatoms. The molecule has 1 atom stereocenters. The van der Waals surface area contributed by atoms with Crippen LogP contribution in [0.2, 0.25) is 0 Å². The lowest BCUT2D eigenvalue weighted by Crippen LogP contribution is -2.42. The predicted molar refractivity (Wildman–Crippen MR) is 349 cm³/mol. The number of allylic oxidation sites excluding steroid dienone is 1. The fourth-order valence-corrected chi connectivity index (χ4v) is 12.7. The number of furan rings is 2. The molecule has 398 valence electrons. The number of benzene rings is 12. The average molecular weight is 1070 g/mol. The molecule has 0 aliphatic heterocycles. The zero-order valence-electron chi connectivity index (χ0n) is 46.5. The van der Waals surface area contributed by atoms with Crippen molar-refractivity contribution in [1.29, 1.82) is 0 Å². The van der Waals surface area contributed by atoms with Crippen LogP contribution in [0.1, 0.15) is 36.5 Å². The Labute approximate surface area is 485 Å². The van der Waals surface area contributed by atoms with Gasteiger partial charge >= 0.3 is 0 Å². The fourth-order valence-electron chi connectivity index (χ4n) is 12.7. The molecule has 0 radical (unpaired) electrons. The topological polar surface area (TPSA) is 32.8 Å². The van der Waals surface area contributed by atoms with Crippen LogP contribution in [0.5, 0.6) is 0 Å². The third-order valence-corrected chi connectivity index (χ3v) is 16.6. The van der Waals surface area contributed by atoms with Crippen LogP contribution >= 0.6 is 0 Å². The Kier molecular flexibility index (Phi) is 13.4. The first-order chi connectivity index (χ1) is 41.0. The first-order valence-electron chi connectivity index (χ1n) is 28.7. The Morgan fingerprint density at radius 1 is 0.349 bits per heavy atom. The van der Waals surface area contributed by atoms with E-state index in [4.69, 9.17) is 8.83 Å². The van der Waals surface area contributed by atoms with Crippen molar-refractivity contribution < 1.29 is 8.83 Å².